The molecule has 0 aromatic heterocycles. The summed E-state index contributed by atoms with van der Waals surface area (Å²) in [6.45, 7) is 19.9. The quantitative estimate of drug-likeness (QED) is 0.375. The number of benzene rings is 1. The van der Waals surface area contributed by atoms with Gasteiger partial charge in [0, 0.05) is 44.1 Å². The summed E-state index contributed by atoms with van der Waals surface area (Å²) >= 11 is 0. The van der Waals surface area contributed by atoms with Gasteiger partial charge in [0.05, 0.1) is 6.04 Å². The summed E-state index contributed by atoms with van der Waals surface area (Å²) in [5, 5.41) is 3.22. The van der Waals surface area contributed by atoms with Gasteiger partial charge in [0.15, 0.2) is 0 Å². The lowest BCUT2D eigenvalue weighted by molar-refractivity contribution is -0.191. The van der Waals surface area contributed by atoms with E-state index in [1.54, 1.807) is 0 Å². The van der Waals surface area contributed by atoms with Gasteiger partial charge in [-0.25, -0.2) is 0 Å². The highest BCUT2D eigenvalue weighted by Gasteiger charge is 2.42. The third-order valence-electron chi connectivity index (χ3n) is 9.87. The fraction of sp³-hybridized carbons (Fsp3) is 0.722. The number of rotatable bonds is 11. The molecule has 0 bridgehead atoms. The third kappa shape index (κ3) is 9.98. The normalized spacial score (nSPS) is 19.5. The van der Waals surface area contributed by atoms with Gasteiger partial charge in [-0.3, -0.25) is 19.3 Å². The lowest BCUT2D eigenvalue weighted by atomic mass is 9.71. The predicted molar refractivity (Wildman–Crippen MR) is 176 cm³/mol. The van der Waals surface area contributed by atoms with Crippen molar-refractivity contribution in [2.45, 2.75) is 117 Å². The Morgan fingerprint density at radius 2 is 1.51 bits per heavy atom. The minimum Gasteiger partial charge on any atom is -0.344 e. The number of likely N-dealkylation sites (tertiary alicyclic amines) is 2. The molecule has 1 N–H and O–H groups in total. The molecule has 1 aromatic rings. The van der Waals surface area contributed by atoms with E-state index in [9.17, 15) is 14.4 Å². The van der Waals surface area contributed by atoms with Gasteiger partial charge in [-0.2, -0.15) is 9.59 Å². The van der Waals surface area contributed by atoms with E-state index in [1.807, 2.05) is 62.7 Å². The molecule has 252 valence electrons. The Morgan fingerprint density at radius 1 is 0.956 bits per heavy atom. The van der Waals surface area contributed by atoms with E-state index in [0.29, 0.717) is 13.0 Å². The summed E-state index contributed by atoms with van der Waals surface area (Å²) in [7, 11) is 1.88. The second kappa shape index (κ2) is 17.0. The fourth-order valence-electron chi connectivity index (χ4n) is 7.01. The molecule has 45 heavy (non-hydrogen) atoms. The first-order valence-electron chi connectivity index (χ1n) is 16.8. The number of hydrogen-bond donors (Lipinski definition) is 1. The molecule has 0 aliphatic carbocycles. The summed E-state index contributed by atoms with van der Waals surface area (Å²) in [6.07, 6.45) is 6.12. The smallest absolute Gasteiger partial charge is 0.344 e. The zero-order valence-electron chi connectivity index (χ0n) is 29.2. The minimum absolute atomic E-state index is 0.0682. The topological polar surface area (TPSA) is 107 Å². The Kier molecular flexibility index (Phi) is 14.5. The molecular formula is C36H58N4O5. The standard InChI is InChI=1S/C35H58N4O3.CO2/c1-10-27(35(7,8)26-18-12-11-13-19-26)31(40)36-30(34(4,5)6)33(42)37(9)29(25(2)3)24-39-23-15-14-20-28(39)32(41)38-21-16-17-22-38;2-1-3/h11-13,18-19,25,27-30H,10,14-17,20-24H2,1-9H3,(H,36,40);/t27-,28+,29-,30-;/m1./s1. The highest BCUT2D eigenvalue weighted by Crippen LogP contribution is 2.35. The second-order valence-corrected chi connectivity index (χ2v) is 14.7. The molecule has 2 heterocycles. The van der Waals surface area contributed by atoms with Crippen LogP contribution in [0.4, 0.5) is 0 Å². The zero-order valence-corrected chi connectivity index (χ0v) is 29.2. The summed E-state index contributed by atoms with van der Waals surface area (Å²) < 4.78 is 0. The van der Waals surface area contributed by atoms with Crippen LogP contribution >= 0.6 is 0 Å². The summed E-state index contributed by atoms with van der Waals surface area (Å²) in [4.78, 5) is 64.1. The van der Waals surface area contributed by atoms with Crippen LogP contribution in [-0.4, -0.2) is 89.9 Å². The molecule has 2 aliphatic heterocycles. The maximum atomic E-state index is 14.3. The Morgan fingerprint density at radius 3 is 2.02 bits per heavy atom. The first kappa shape index (κ1) is 38.2. The average Bonchev–Trinajstić information content (AvgIpc) is 3.53. The molecule has 0 saturated carbocycles. The van der Waals surface area contributed by atoms with E-state index < -0.39 is 11.5 Å². The van der Waals surface area contributed by atoms with Crippen molar-refractivity contribution in [3.63, 3.8) is 0 Å². The van der Waals surface area contributed by atoms with E-state index in [2.05, 4.69) is 50.0 Å². The van der Waals surface area contributed by atoms with E-state index >= 15 is 0 Å². The van der Waals surface area contributed by atoms with E-state index in [1.165, 1.54) is 0 Å². The van der Waals surface area contributed by atoms with Crippen LogP contribution in [0.25, 0.3) is 0 Å². The van der Waals surface area contributed by atoms with Crippen molar-refractivity contribution in [2.75, 3.05) is 33.2 Å². The predicted octanol–water partition coefficient (Wildman–Crippen LogP) is 4.90. The molecule has 2 aliphatic rings. The molecule has 2 saturated heterocycles. The second-order valence-electron chi connectivity index (χ2n) is 14.7. The molecular weight excluding hydrogens is 568 g/mol. The van der Waals surface area contributed by atoms with Crippen LogP contribution in [0.3, 0.4) is 0 Å². The van der Waals surface area contributed by atoms with Crippen LogP contribution in [0.1, 0.15) is 99.5 Å². The highest BCUT2D eigenvalue weighted by molar-refractivity contribution is 5.90. The molecule has 3 amide bonds. The van der Waals surface area contributed by atoms with Gasteiger partial charge in [-0.1, -0.05) is 92.1 Å². The Labute approximate surface area is 271 Å². The van der Waals surface area contributed by atoms with Gasteiger partial charge >= 0.3 is 6.15 Å². The van der Waals surface area contributed by atoms with Crippen LogP contribution in [-0.2, 0) is 29.4 Å². The van der Waals surface area contributed by atoms with E-state index in [0.717, 1.165) is 57.3 Å². The van der Waals surface area contributed by atoms with Gasteiger partial charge in [0.2, 0.25) is 17.7 Å². The maximum Gasteiger partial charge on any atom is 0.373 e. The number of nitrogens with one attached hydrogen (secondary N) is 1. The van der Waals surface area contributed by atoms with Crippen molar-refractivity contribution in [3.05, 3.63) is 35.9 Å². The Balaban J connectivity index is 0.00000226. The first-order valence-corrected chi connectivity index (χ1v) is 16.8. The van der Waals surface area contributed by atoms with E-state index in [-0.39, 0.29) is 53.2 Å². The molecule has 1 aromatic carbocycles. The van der Waals surface area contributed by atoms with Crippen LogP contribution in [0.2, 0.25) is 0 Å². The average molecular weight is 627 g/mol. The van der Waals surface area contributed by atoms with Crippen molar-refractivity contribution >= 4 is 23.9 Å². The maximum absolute atomic E-state index is 14.3. The number of amides is 3. The van der Waals surface area contributed by atoms with Crippen molar-refractivity contribution < 1.29 is 24.0 Å². The van der Waals surface area contributed by atoms with Gasteiger partial charge in [0.1, 0.15) is 6.04 Å². The van der Waals surface area contributed by atoms with Crippen molar-refractivity contribution in [1.82, 2.24) is 20.0 Å². The van der Waals surface area contributed by atoms with Gasteiger partial charge in [0.25, 0.3) is 0 Å². The molecule has 2 fully saturated rings. The van der Waals surface area contributed by atoms with Crippen LogP contribution in [0.5, 0.6) is 0 Å². The molecule has 9 heteroatoms. The van der Waals surface area contributed by atoms with Crippen LogP contribution in [0.15, 0.2) is 30.3 Å². The number of carbonyl (C=O) groups is 3. The lowest BCUT2D eigenvalue weighted by Crippen LogP contribution is -2.61. The largest absolute Gasteiger partial charge is 0.373 e. The Bertz CT molecular complexity index is 1130. The molecule has 0 spiro atoms. The molecule has 4 atom stereocenters. The molecule has 9 nitrogen and oxygen atoms in total. The summed E-state index contributed by atoms with van der Waals surface area (Å²) in [5.41, 5.74) is 0.252. The van der Waals surface area contributed by atoms with Crippen LogP contribution in [0, 0.1) is 17.3 Å². The third-order valence-corrected chi connectivity index (χ3v) is 9.87. The zero-order chi connectivity index (χ0) is 33.9. The fourth-order valence-corrected chi connectivity index (χ4v) is 7.01. The van der Waals surface area contributed by atoms with E-state index in [4.69, 9.17) is 9.59 Å². The molecule has 3 rings (SSSR count). The number of hydrogen-bond acceptors (Lipinski definition) is 6. The molecule has 0 unspecified atom stereocenters. The first-order chi connectivity index (χ1) is 21.1. The van der Waals surface area contributed by atoms with Crippen molar-refractivity contribution in [3.8, 4) is 0 Å². The number of likely N-dealkylation sites (N-methyl/N-ethyl adjacent to an activating group) is 1. The number of carbonyl (C=O) groups excluding carboxylic acids is 5. The van der Waals surface area contributed by atoms with Crippen molar-refractivity contribution in [1.29, 1.82) is 0 Å². The SMILES string of the molecule is CC[C@H](C(=O)N[C@H](C(=O)N(C)[C@H](CN1CCCC[C@H]1C(=O)N1CCCC1)C(C)C)C(C)(C)C)C(C)(C)c1ccccc1.O=C=O. The van der Waals surface area contributed by atoms with Gasteiger partial charge in [-0.05, 0) is 55.5 Å². The lowest BCUT2D eigenvalue weighted by Gasteiger charge is -2.43. The Hall–Kier alpha value is -3.03. The monoisotopic (exact) mass is 626 g/mol. The minimum atomic E-state index is -0.666. The van der Waals surface area contributed by atoms with Crippen molar-refractivity contribution in [2.24, 2.45) is 17.3 Å². The highest BCUT2D eigenvalue weighted by atomic mass is 16.2. The summed E-state index contributed by atoms with van der Waals surface area (Å²) in [6, 6.07) is 9.31. The van der Waals surface area contributed by atoms with Gasteiger partial charge < -0.3 is 15.1 Å². The van der Waals surface area contributed by atoms with Gasteiger partial charge in [-0.15, -0.1) is 0 Å². The summed E-state index contributed by atoms with van der Waals surface area (Å²) in [5.74, 6) is 0.0209. The number of nitrogens with zero attached hydrogens (tertiary/aromatic N) is 3. The van der Waals surface area contributed by atoms with Crippen LogP contribution < -0.4 is 5.32 Å². The molecule has 0 radical (unpaired) electrons. The number of piperidine rings is 1.